The van der Waals surface area contributed by atoms with Gasteiger partial charge in [-0.1, -0.05) is 6.58 Å². The molecule has 1 aromatic heterocycles. The van der Waals surface area contributed by atoms with E-state index in [-0.39, 0.29) is 0 Å². The molecule has 0 saturated heterocycles. The van der Waals surface area contributed by atoms with Crippen LogP contribution in [-0.2, 0) is 6.42 Å². The van der Waals surface area contributed by atoms with Crippen LogP contribution < -0.4 is 9.47 Å². The maximum atomic E-state index is 5.38. The number of halogens is 1. The minimum Gasteiger partial charge on any atom is -0.493 e. The Hall–Kier alpha value is -2.07. The fourth-order valence-corrected chi connectivity index (χ4v) is 3.03. The van der Waals surface area contributed by atoms with E-state index in [0.29, 0.717) is 0 Å². The third kappa shape index (κ3) is 2.55. The first-order valence-corrected chi connectivity index (χ1v) is 7.68. The number of pyridine rings is 1. The number of nitrogens with zero attached hydrogens (tertiary/aromatic N) is 1. The highest BCUT2D eigenvalue weighted by molar-refractivity contribution is 9.10. The van der Waals surface area contributed by atoms with E-state index >= 15 is 0 Å². The number of fused-ring (bicyclic) bond motifs is 1. The first kappa shape index (κ1) is 14.9. The highest BCUT2D eigenvalue weighted by atomic mass is 79.9. The lowest BCUT2D eigenvalue weighted by atomic mass is 10.0. The SMILES string of the molecule is C=C1/C(=C/c2ccncc2Br)Cc2cc(OC)c(OC)cc21. The molecular weight excluding hydrogens is 342 g/mol. The van der Waals surface area contributed by atoms with Gasteiger partial charge in [0.2, 0.25) is 0 Å². The van der Waals surface area contributed by atoms with Gasteiger partial charge in [-0.25, -0.2) is 0 Å². The summed E-state index contributed by atoms with van der Waals surface area (Å²) in [6, 6.07) is 6.01. The smallest absolute Gasteiger partial charge is 0.161 e. The molecule has 0 atom stereocenters. The topological polar surface area (TPSA) is 31.4 Å². The third-order valence-electron chi connectivity index (χ3n) is 3.84. The van der Waals surface area contributed by atoms with E-state index in [0.717, 1.165) is 39.1 Å². The van der Waals surface area contributed by atoms with Crippen molar-refractivity contribution in [1.82, 2.24) is 4.98 Å². The largest absolute Gasteiger partial charge is 0.493 e. The zero-order chi connectivity index (χ0) is 15.7. The highest BCUT2D eigenvalue weighted by Crippen LogP contribution is 2.42. The number of hydrogen-bond acceptors (Lipinski definition) is 3. The molecule has 0 amide bonds. The van der Waals surface area contributed by atoms with Crippen molar-refractivity contribution in [1.29, 1.82) is 0 Å². The number of methoxy groups -OCH3 is 2. The molecule has 0 radical (unpaired) electrons. The molecule has 0 spiro atoms. The number of aromatic nitrogens is 1. The fourth-order valence-electron chi connectivity index (χ4n) is 2.66. The Morgan fingerprint density at radius 3 is 2.64 bits per heavy atom. The average Bonchev–Trinajstić information content (AvgIpc) is 2.84. The van der Waals surface area contributed by atoms with Crippen molar-refractivity contribution in [3.05, 3.63) is 63.9 Å². The second-order valence-electron chi connectivity index (χ2n) is 5.09. The Balaban J connectivity index is 2.03. The second-order valence-corrected chi connectivity index (χ2v) is 5.94. The lowest BCUT2D eigenvalue weighted by Gasteiger charge is -2.09. The monoisotopic (exact) mass is 357 g/mol. The minimum atomic E-state index is 0.730. The summed E-state index contributed by atoms with van der Waals surface area (Å²) < 4.78 is 11.7. The Morgan fingerprint density at radius 1 is 1.23 bits per heavy atom. The maximum absolute atomic E-state index is 5.38. The molecule has 1 aliphatic carbocycles. The van der Waals surface area contributed by atoms with Gasteiger partial charge in [0, 0.05) is 16.9 Å². The standard InChI is InChI=1S/C18H16BrNO2/c1-11-13(6-12-4-5-20-10-16(12)19)7-14-8-17(21-2)18(22-3)9-15(11)14/h4-6,8-10H,1,7H2,2-3H3/b13-6+. The zero-order valence-electron chi connectivity index (χ0n) is 12.5. The molecule has 0 unspecified atom stereocenters. The van der Waals surface area contributed by atoms with E-state index in [1.807, 2.05) is 18.2 Å². The van der Waals surface area contributed by atoms with E-state index < -0.39 is 0 Å². The zero-order valence-corrected chi connectivity index (χ0v) is 14.1. The first-order chi connectivity index (χ1) is 10.6. The van der Waals surface area contributed by atoms with Crippen LogP contribution in [0, 0.1) is 0 Å². The van der Waals surface area contributed by atoms with Crippen molar-refractivity contribution in [2.24, 2.45) is 0 Å². The highest BCUT2D eigenvalue weighted by Gasteiger charge is 2.22. The van der Waals surface area contributed by atoms with Crippen LogP contribution in [0.4, 0.5) is 0 Å². The Morgan fingerprint density at radius 2 is 1.95 bits per heavy atom. The van der Waals surface area contributed by atoms with Gasteiger partial charge in [0.1, 0.15) is 0 Å². The quantitative estimate of drug-likeness (QED) is 0.809. The summed E-state index contributed by atoms with van der Waals surface area (Å²) in [5, 5.41) is 0. The van der Waals surface area contributed by atoms with Crippen molar-refractivity contribution in [2.75, 3.05) is 14.2 Å². The fraction of sp³-hybridized carbons (Fsp3) is 0.167. The molecule has 2 aromatic rings. The van der Waals surface area contributed by atoms with Crippen molar-refractivity contribution in [3.8, 4) is 11.5 Å². The van der Waals surface area contributed by atoms with Gasteiger partial charge >= 0.3 is 0 Å². The van der Waals surface area contributed by atoms with Gasteiger partial charge in [-0.15, -0.1) is 0 Å². The number of ether oxygens (including phenoxy) is 2. The van der Waals surface area contributed by atoms with Crippen molar-refractivity contribution >= 4 is 27.6 Å². The van der Waals surface area contributed by atoms with Crippen LogP contribution in [0.5, 0.6) is 11.5 Å². The molecule has 3 nitrogen and oxygen atoms in total. The lowest BCUT2D eigenvalue weighted by Crippen LogP contribution is -1.93. The summed E-state index contributed by atoms with van der Waals surface area (Å²) in [7, 11) is 3.30. The van der Waals surface area contributed by atoms with E-state index in [9.17, 15) is 0 Å². The lowest BCUT2D eigenvalue weighted by molar-refractivity contribution is 0.354. The number of hydrogen-bond donors (Lipinski definition) is 0. The summed E-state index contributed by atoms with van der Waals surface area (Å²) >= 11 is 3.53. The number of rotatable bonds is 3. The van der Waals surface area contributed by atoms with Crippen LogP contribution in [0.3, 0.4) is 0 Å². The van der Waals surface area contributed by atoms with Gasteiger partial charge < -0.3 is 9.47 Å². The minimum absolute atomic E-state index is 0.730. The molecular formula is C18H16BrNO2. The first-order valence-electron chi connectivity index (χ1n) is 6.88. The molecule has 1 heterocycles. The van der Waals surface area contributed by atoms with Gasteiger partial charge in [0.05, 0.1) is 14.2 Å². The molecule has 0 N–H and O–H groups in total. The van der Waals surface area contributed by atoms with Crippen molar-refractivity contribution in [3.63, 3.8) is 0 Å². The molecule has 0 aliphatic heterocycles. The molecule has 112 valence electrons. The molecule has 22 heavy (non-hydrogen) atoms. The number of allylic oxidation sites excluding steroid dienone is 2. The Kier molecular flexibility index (Phi) is 4.03. The summed E-state index contributed by atoms with van der Waals surface area (Å²) in [6.07, 6.45) is 6.56. The van der Waals surface area contributed by atoms with Crippen LogP contribution in [0.25, 0.3) is 11.6 Å². The molecule has 0 bridgehead atoms. The molecule has 3 rings (SSSR count). The van der Waals surface area contributed by atoms with Crippen LogP contribution >= 0.6 is 15.9 Å². The summed E-state index contributed by atoms with van der Waals surface area (Å²) in [4.78, 5) is 4.09. The summed E-state index contributed by atoms with van der Waals surface area (Å²) in [6.45, 7) is 4.24. The van der Waals surface area contributed by atoms with Gasteiger partial charge in [-0.2, -0.15) is 0 Å². The van der Waals surface area contributed by atoms with E-state index in [1.54, 1.807) is 26.6 Å². The van der Waals surface area contributed by atoms with E-state index in [4.69, 9.17) is 9.47 Å². The predicted molar refractivity (Wildman–Crippen MR) is 92.2 cm³/mol. The van der Waals surface area contributed by atoms with Gasteiger partial charge in [-0.3, -0.25) is 4.98 Å². The van der Waals surface area contributed by atoms with Gasteiger partial charge in [0.15, 0.2) is 11.5 Å². The van der Waals surface area contributed by atoms with Crippen LogP contribution in [0.2, 0.25) is 0 Å². The maximum Gasteiger partial charge on any atom is 0.161 e. The van der Waals surface area contributed by atoms with Crippen LogP contribution in [0.15, 0.2) is 47.2 Å². The number of benzene rings is 1. The normalized spacial score (nSPS) is 15.0. The third-order valence-corrected chi connectivity index (χ3v) is 4.50. The van der Waals surface area contributed by atoms with Crippen LogP contribution in [-0.4, -0.2) is 19.2 Å². The predicted octanol–water partition coefficient (Wildman–Crippen LogP) is 4.51. The molecule has 0 fully saturated rings. The Bertz CT molecular complexity index is 781. The molecule has 4 heteroatoms. The van der Waals surface area contributed by atoms with Gasteiger partial charge in [-0.05, 0) is 74.5 Å². The summed E-state index contributed by atoms with van der Waals surface area (Å²) in [5.74, 6) is 1.48. The summed E-state index contributed by atoms with van der Waals surface area (Å²) in [5.41, 5.74) is 5.64. The molecule has 1 aromatic carbocycles. The van der Waals surface area contributed by atoms with Crippen molar-refractivity contribution < 1.29 is 9.47 Å². The average molecular weight is 358 g/mol. The second kappa shape index (κ2) is 5.97. The van der Waals surface area contributed by atoms with E-state index in [2.05, 4.69) is 33.6 Å². The Labute approximate surface area is 138 Å². The van der Waals surface area contributed by atoms with Crippen LogP contribution in [0.1, 0.15) is 16.7 Å². The van der Waals surface area contributed by atoms with Gasteiger partial charge in [0.25, 0.3) is 0 Å². The van der Waals surface area contributed by atoms with Crippen molar-refractivity contribution in [2.45, 2.75) is 6.42 Å². The van der Waals surface area contributed by atoms with E-state index in [1.165, 1.54) is 11.1 Å². The molecule has 0 saturated carbocycles. The molecule has 1 aliphatic rings.